The minimum absolute atomic E-state index is 0. The Morgan fingerprint density at radius 1 is 0.786 bits per heavy atom. The molecule has 4 rings (SSSR count). The zero-order chi connectivity index (χ0) is 18.6. The first-order valence-electron chi connectivity index (χ1n) is 8.91. The lowest BCUT2D eigenvalue weighted by Crippen LogP contribution is -1.94. The topological polar surface area (TPSA) is 31.4 Å². The van der Waals surface area contributed by atoms with Crippen molar-refractivity contribution >= 4 is 23.2 Å². The molecule has 0 bridgehead atoms. The summed E-state index contributed by atoms with van der Waals surface area (Å²) in [5.74, 6) is 1.74. The van der Waals surface area contributed by atoms with Crippen LogP contribution >= 0.6 is 12.4 Å². The first kappa shape index (κ1) is 19.7. The lowest BCUT2D eigenvalue weighted by atomic mass is 9.92. The van der Waals surface area contributed by atoms with E-state index >= 15 is 0 Å². The van der Waals surface area contributed by atoms with Crippen LogP contribution in [0.15, 0.2) is 79.1 Å². The molecule has 0 aliphatic heterocycles. The fraction of sp³-hybridized carbons (Fsp3) is 0.125. The number of halogens is 1. The molecule has 3 nitrogen and oxygen atoms in total. The van der Waals surface area contributed by atoms with Crippen LogP contribution in [0.2, 0.25) is 0 Å². The van der Waals surface area contributed by atoms with Gasteiger partial charge in [-0.15, -0.1) is 12.4 Å². The van der Waals surface area contributed by atoms with Gasteiger partial charge in [0.1, 0.15) is 11.5 Å². The third kappa shape index (κ3) is 4.10. The second kappa shape index (κ2) is 8.77. The summed E-state index contributed by atoms with van der Waals surface area (Å²) >= 11 is 0. The van der Waals surface area contributed by atoms with Crippen molar-refractivity contribution in [2.24, 2.45) is 0 Å². The summed E-state index contributed by atoms with van der Waals surface area (Å²) in [5.41, 5.74) is 4.83. The quantitative estimate of drug-likeness (QED) is 0.422. The highest BCUT2D eigenvalue weighted by molar-refractivity contribution is 5.90. The molecule has 0 aliphatic carbocycles. The van der Waals surface area contributed by atoms with E-state index in [4.69, 9.17) is 9.47 Å². The zero-order valence-corrected chi connectivity index (χ0v) is 16.7. The van der Waals surface area contributed by atoms with E-state index in [0.717, 1.165) is 23.5 Å². The lowest BCUT2D eigenvalue weighted by Gasteiger charge is -2.13. The Hall–Kier alpha value is -3.04. The highest BCUT2D eigenvalue weighted by Crippen LogP contribution is 2.32. The fourth-order valence-corrected chi connectivity index (χ4v) is 3.35. The molecule has 0 radical (unpaired) electrons. The van der Waals surface area contributed by atoms with Crippen molar-refractivity contribution in [2.75, 3.05) is 14.2 Å². The van der Waals surface area contributed by atoms with Gasteiger partial charge in [-0.25, -0.2) is 0 Å². The van der Waals surface area contributed by atoms with Crippen LogP contribution in [0.4, 0.5) is 0 Å². The maximum atomic E-state index is 5.40. The number of rotatable bonds is 5. The van der Waals surface area contributed by atoms with Gasteiger partial charge in [0, 0.05) is 18.0 Å². The molecule has 1 heterocycles. The number of aromatic nitrogens is 1. The third-order valence-electron chi connectivity index (χ3n) is 4.80. The molecular formula is C24H22ClNO2. The van der Waals surface area contributed by atoms with Gasteiger partial charge in [-0.3, -0.25) is 4.98 Å². The van der Waals surface area contributed by atoms with Gasteiger partial charge < -0.3 is 9.47 Å². The number of methoxy groups -OCH3 is 2. The first-order chi connectivity index (χ1) is 13.3. The number of hydrogen-bond acceptors (Lipinski definition) is 3. The molecule has 0 N–H and O–H groups in total. The van der Waals surface area contributed by atoms with Crippen molar-refractivity contribution in [3.63, 3.8) is 0 Å². The smallest absolute Gasteiger partial charge is 0.119 e. The van der Waals surface area contributed by atoms with Gasteiger partial charge in [0.25, 0.3) is 0 Å². The molecule has 0 saturated heterocycles. The summed E-state index contributed by atoms with van der Waals surface area (Å²) in [4.78, 5) is 4.30. The Morgan fingerprint density at radius 3 is 2.21 bits per heavy atom. The summed E-state index contributed by atoms with van der Waals surface area (Å²) in [7, 11) is 3.38. The lowest BCUT2D eigenvalue weighted by molar-refractivity contribution is 0.414. The second-order valence-corrected chi connectivity index (χ2v) is 6.49. The number of ether oxygens (including phenoxy) is 2. The third-order valence-corrected chi connectivity index (χ3v) is 4.80. The fourth-order valence-electron chi connectivity index (χ4n) is 3.35. The van der Waals surface area contributed by atoms with Gasteiger partial charge in [-0.2, -0.15) is 0 Å². The standard InChI is InChI=1S/C24H21NO2.ClH/c1-26-22-8-5-17(6-9-22)12-21-13-20-14-23(27-2)10-7-18(20)15-24(21)19-4-3-11-25-16-19;/h3-11,13-16H,12H2,1-2H3;1H. The van der Waals surface area contributed by atoms with Gasteiger partial charge in [-0.1, -0.05) is 30.3 Å². The van der Waals surface area contributed by atoms with E-state index < -0.39 is 0 Å². The van der Waals surface area contributed by atoms with Gasteiger partial charge in [-0.05, 0) is 70.3 Å². The van der Waals surface area contributed by atoms with Crippen LogP contribution < -0.4 is 9.47 Å². The van der Waals surface area contributed by atoms with Gasteiger partial charge in [0.2, 0.25) is 0 Å². The van der Waals surface area contributed by atoms with Gasteiger partial charge in [0.05, 0.1) is 14.2 Å². The van der Waals surface area contributed by atoms with E-state index in [0.29, 0.717) is 0 Å². The Morgan fingerprint density at radius 2 is 1.54 bits per heavy atom. The van der Waals surface area contributed by atoms with Gasteiger partial charge >= 0.3 is 0 Å². The predicted molar refractivity (Wildman–Crippen MR) is 117 cm³/mol. The Kier molecular flexibility index (Phi) is 6.17. The van der Waals surface area contributed by atoms with Crippen molar-refractivity contribution in [1.29, 1.82) is 0 Å². The summed E-state index contributed by atoms with van der Waals surface area (Å²) in [6, 6.07) is 23.0. The van der Waals surface area contributed by atoms with Crippen LogP contribution in [0.3, 0.4) is 0 Å². The van der Waals surface area contributed by atoms with Crippen molar-refractivity contribution in [3.8, 4) is 22.6 Å². The van der Waals surface area contributed by atoms with E-state index in [1.807, 2.05) is 30.5 Å². The van der Waals surface area contributed by atoms with Crippen molar-refractivity contribution in [2.45, 2.75) is 6.42 Å². The van der Waals surface area contributed by atoms with Crippen molar-refractivity contribution < 1.29 is 9.47 Å². The largest absolute Gasteiger partial charge is 0.497 e. The zero-order valence-electron chi connectivity index (χ0n) is 15.9. The van der Waals surface area contributed by atoms with Crippen LogP contribution in [0.25, 0.3) is 21.9 Å². The minimum Gasteiger partial charge on any atom is -0.497 e. The monoisotopic (exact) mass is 391 g/mol. The average molecular weight is 392 g/mol. The summed E-state index contributed by atoms with van der Waals surface area (Å²) in [6.07, 6.45) is 4.56. The van der Waals surface area contributed by atoms with Crippen LogP contribution in [0.1, 0.15) is 11.1 Å². The molecule has 3 aromatic carbocycles. The molecule has 4 aromatic rings. The van der Waals surface area contributed by atoms with Gasteiger partial charge in [0.15, 0.2) is 0 Å². The Bertz CT molecular complexity index is 1060. The summed E-state index contributed by atoms with van der Waals surface area (Å²) in [5, 5.41) is 2.36. The van der Waals surface area contributed by atoms with E-state index in [2.05, 4.69) is 47.4 Å². The molecule has 0 fully saturated rings. The Balaban J connectivity index is 0.00000225. The van der Waals surface area contributed by atoms with Crippen molar-refractivity contribution in [3.05, 3.63) is 90.3 Å². The molecule has 0 amide bonds. The molecule has 0 atom stereocenters. The highest BCUT2D eigenvalue weighted by atomic mass is 35.5. The maximum Gasteiger partial charge on any atom is 0.119 e. The molecule has 0 saturated carbocycles. The molecule has 142 valence electrons. The molecule has 0 aliphatic rings. The number of fused-ring (bicyclic) bond motifs is 1. The van der Waals surface area contributed by atoms with E-state index in [1.165, 1.54) is 27.5 Å². The van der Waals surface area contributed by atoms with E-state index in [1.54, 1.807) is 20.4 Å². The molecule has 1 aromatic heterocycles. The number of nitrogens with zero attached hydrogens (tertiary/aromatic N) is 1. The number of pyridine rings is 1. The summed E-state index contributed by atoms with van der Waals surface area (Å²) in [6.45, 7) is 0. The van der Waals surface area contributed by atoms with E-state index in [9.17, 15) is 0 Å². The summed E-state index contributed by atoms with van der Waals surface area (Å²) < 4.78 is 10.7. The van der Waals surface area contributed by atoms with Crippen LogP contribution in [-0.4, -0.2) is 19.2 Å². The second-order valence-electron chi connectivity index (χ2n) is 6.49. The first-order valence-corrected chi connectivity index (χ1v) is 8.91. The van der Waals surface area contributed by atoms with Crippen molar-refractivity contribution in [1.82, 2.24) is 4.98 Å². The van der Waals surface area contributed by atoms with Crippen LogP contribution in [0, 0.1) is 0 Å². The van der Waals surface area contributed by atoms with Crippen LogP contribution in [-0.2, 0) is 6.42 Å². The number of benzene rings is 3. The molecule has 0 spiro atoms. The molecular weight excluding hydrogens is 370 g/mol. The SMILES string of the molecule is COc1ccc(Cc2cc3cc(OC)ccc3cc2-c2cccnc2)cc1.Cl. The Labute approximate surface area is 171 Å². The highest BCUT2D eigenvalue weighted by Gasteiger charge is 2.10. The minimum atomic E-state index is 0. The molecule has 28 heavy (non-hydrogen) atoms. The predicted octanol–water partition coefficient (Wildman–Crippen LogP) is 5.93. The van der Waals surface area contributed by atoms with Crippen LogP contribution in [0.5, 0.6) is 11.5 Å². The normalized spacial score (nSPS) is 10.4. The molecule has 0 unspecified atom stereocenters. The number of hydrogen-bond donors (Lipinski definition) is 0. The maximum absolute atomic E-state index is 5.40. The average Bonchev–Trinajstić information content (AvgIpc) is 2.74. The van der Waals surface area contributed by atoms with E-state index in [-0.39, 0.29) is 12.4 Å². The molecule has 4 heteroatoms.